The Labute approximate surface area is 148 Å². The van der Waals surface area contributed by atoms with Gasteiger partial charge in [0.1, 0.15) is 5.60 Å². The summed E-state index contributed by atoms with van der Waals surface area (Å²) in [5.74, 6) is -0.903. The van der Waals surface area contributed by atoms with Gasteiger partial charge < -0.3 is 30.6 Å². The molecule has 0 aliphatic heterocycles. The van der Waals surface area contributed by atoms with E-state index in [1.807, 2.05) is 6.92 Å². The molecule has 6 nitrogen and oxygen atoms in total. The van der Waals surface area contributed by atoms with E-state index in [1.165, 1.54) is 0 Å². The lowest BCUT2D eigenvalue weighted by atomic mass is 9.44. The highest BCUT2D eigenvalue weighted by Crippen LogP contribution is 2.67. The van der Waals surface area contributed by atoms with Crippen LogP contribution in [0.5, 0.6) is 0 Å². The number of rotatable bonds is 0. The third-order valence-electron chi connectivity index (χ3n) is 8.83. The van der Waals surface area contributed by atoms with Gasteiger partial charge in [0.2, 0.25) is 0 Å². The zero-order chi connectivity index (χ0) is 18.4. The molecule has 4 fully saturated rings. The minimum atomic E-state index is -1.91. The van der Waals surface area contributed by atoms with E-state index in [1.54, 1.807) is 0 Å². The van der Waals surface area contributed by atoms with Gasteiger partial charge in [-0.1, -0.05) is 13.8 Å². The summed E-state index contributed by atoms with van der Waals surface area (Å²) in [5, 5.41) is 65.9. The smallest absolute Gasteiger partial charge is 0.125 e. The normalized spacial score (nSPS) is 64.3. The van der Waals surface area contributed by atoms with Crippen LogP contribution in [0, 0.1) is 23.2 Å². The second kappa shape index (κ2) is 5.18. The molecule has 4 rings (SSSR count). The van der Waals surface area contributed by atoms with Crippen LogP contribution in [0.25, 0.3) is 0 Å². The largest absolute Gasteiger partial charge is 0.393 e. The minimum absolute atomic E-state index is 0.0113. The van der Waals surface area contributed by atoms with E-state index in [0.717, 1.165) is 6.42 Å². The Hall–Kier alpha value is -0.240. The average Bonchev–Trinajstić information content (AvgIpc) is 2.73. The molecule has 0 radical (unpaired) electrons. The number of aliphatic hydroxyl groups is 6. The highest BCUT2D eigenvalue weighted by Gasteiger charge is 2.74. The summed E-state index contributed by atoms with van der Waals surface area (Å²) in [4.78, 5) is 0. The van der Waals surface area contributed by atoms with Gasteiger partial charge in [0.05, 0.1) is 29.5 Å². The van der Waals surface area contributed by atoms with E-state index in [9.17, 15) is 30.6 Å². The quantitative estimate of drug-likeness (QED) is 0.361. The van der Waals surface area contributed by atoms with Gasteiger partial charge in [-0.05, 0) is 43.9 Å². The predicted octanol–water partition coefficient (Wildman–Crippen LogP) is -0.0777. The van der Waals surface area contributed by atoms with Crippen LogP contribution in [0.4, 0.5) is 0 Å². The first-order valence-corrected chi connectivity index (χ1v) is 9.71. The molecule has 0 spiro atoms. The lowest BCUT2D eigenvalue weighted by molar-refractivity contribution is -0.334. The molecule has 6 heteroatoms. The third kappa shape index (κ3) is 1.96. The van der Waals surface area contributed by atoms with Gasteiger partial charge in [-0.15, -0.1) is 0 Å². The molecule has 0 aromatic rings. The zero-order valence-electron chi connectivity index (χ0n) is 15.1. The van der Waals surface area contributed by atoms with Gasteiger partial charge >= 0.3 is 0 Å². The summed E-state index contributed by atoms with van der Waals surface area (Å²) >= 11 is 0. The van der Waals surface area contributed by atoms with E-state index in [-0.39, 0.29) is 31.1 Å². The number of aliphatic hydroxyl groups excluding tert-OH is 3. The van der Waals surface area contributed by atoms with Gasteiger partial charge in [0, 0.05) is 24.2 Å². The van der Waals surface area contributed by atoms with Crippen molar-refractivity contribution in [3.05, 3.63) is 0 Å². The van der Waals surface area contributed by atoms with Crippen molar-refractivity contribution >= 4 is 0 Å². The highest BCUT2D eigenvalue weighted by atomic mass is 16.4. The molecule has 4 saturated carbocycles. The fourth-order valence-electron chi connectivity index (χ4n) is 7.21. The zero-order valence-corrected chi connectivity index (χ0v) is 15.1. The van der Waals surface area contributed by atoms with Crippen molar-refractivity contribution in [3.63, 3.8) is 0 Å². The van der Waals surface area contributed by atoms with Crippen molar-refractivity contribution in [1.29, 1.82) is 0 Å². The lowest BCUT2D eigenvalue weighted by Crippen LogP contribution is -2.78. The molecule has 144 valence electrons. The Morgan fingerprint density at radius 2 is 1.60 bits per heavy atom. The lowest BCUT2D eigenvalue weighted by Gasteiger charge is -2.66. The van der Waals surface area contributed by atoms with Gasteiger partial charge in [-0.2, -0.15) is 0 Å². The van der Waals surface area contributed by atoms with Crippen molar-refractivity contribution in [2.24, 2.45) is 23.2 Å². The van der Waals surface area contributed by atoms with E-state index in [2.05, 4.69) is 6.92 Å². The molecule has 0 saturated heterocycles. The maximum Gasteiger partial charge on any atom is 0.125 e. The topological polar surface area (TPSA) is 121 Å². The monoisotopic (exact) mass is 356 g/mol. The van der Waals surface area contributed by atoms with Crippen molar-refractivity contribution in [1.82, 2.24) is 0 Å². The molecule has 0 aromatic carbocycles. The summed E-state index contributed by atoms with van der Waals surface area (Å²) < 4.78 is 0. The summed E-state index contributed by atoms with van der Waals surface area (Å²) in [7, 11) is 0. The van der Waals surface area contributed by atoms with Crippen molar-refractivity contribution in [2.45, 2.75) is 93.9 Å². The molecule has 10 atom stereocenters. The van der Waals surface area contributed by atoms with Crippen LogP contribution in [0.1, 0.15) is 58.8 Å². The number of fused-ring (bicyclic) bond motifs is 5. The minimum Gasteiger partial charge on any atom is -0.393 e. The third-order valence-corrected chi connectivity index (χ3v) is 8.83. The molecule has 6 N–H and O–H groups in total. The van der Waals surface area contributed by atoms with Crippen LogP contribution in [0.2, 0.25) is 0 Å². The fourth-order valence-corrected chi connectivity index (χ4v) is 7.21. The van der Waals surface area contributed by atoms with Crippen LogP contribution in [-0.2, 0) is 0 Å². The molecular weight excluding hydrogens is 324 g/mol. The first-order valence-electron chi connectivity index (χ1n) is 9.71. The molecule has 4 aliphatic carbocycles. The summed E-state index contributed by atoms with van der Waals surface area (Å²) in [5.41, 5.74) is -4.99. The van der Waals surface area contributed by atoms with Crippen molar-refractivity contribution in [3.8, 4) is 0 Å². The van der Waals surface area contributed by atoms with E-state index in [0.29, 0.717) is 19.3 Å². The second-order valence-corrected chi connectivity index (χ2v) is 9.69. The van der Waals surface area contributed by atoms with Crippen molar-refractivity contribution < 1.29 is 30.6 Å². The predicted molar refractivity (Wildman–Crippen MR) is 89.4 cm³/mol. The molecule has 0 aromatic heterocycles. The maximum atomic E-state index is 11.6. The standard InChI is InChI=1S/C19H32O6/c1-10-3-6-18(24)12-4-5-17(23)8-11(20)7-14(22)19(17,25)15(12)13(21)9-16(10,18)2/h10-15,20-25H,3-9H2,1-2H3/t10?,11-,12?,13+,14+,15?,16+,17-,18-,19-/m0/s1. The van der Waals surface area contributed by atoms with Crippen molar-refractivity contribution in [2.75, 3.05) is 0 Å². The summed E-state index contributed by atoms with van der Waals surface area (Å²) in [6, 6.07) is 0. The first kappa shape index (κ1) is 18.1. The fraction of sp³-hybridized carbons (Fsp3) is 1.00. The molecule has 0 bridgehead atoms. The van der Waals surface area contributed by atoms with E-state index in [4.69, 9.17) is 0 Å². The van der Waals surface area contributed by atoms with E-state index >= 15 is 0 Å². The average molecular weight is 356 g/mol. The Morgan fingerprint density at radius 3 is 2.28 bits per heavy atom. The van der Waals surface area contributed by atoms with Crippen LogP contribution in [0.15, 0.2) is 0 Å². The van der Waals surface area contributed by atoms with Crippen LogP contribution >= 0.6 is 0 Å². The van der Waals surface area contributed by atoms with Crippen LogP contribution in [-0.4, -0.2) is 65.8 Å². The van der Waals surface area contributed by atoms with Gasteiger partial charge in [-0.3, -0.25) is 0 Å². The SMILES string of the molecule is CC1CC[C@]2(O)C3CC[C@]4(O)C[C@@H](O)C[C@@H](O)[C@]4(O)C3[C@H](O)C[C@]12C. The summed E-state index contributed by atoms with van der Waals surface area (Å²) in [6.45, 7) is 4.13. The first-order chi connectivity index (χ1) is 11.5. The number of hydrogen-bond donors (Lipinski definition) is 6. The van der Waals surface area contributed by atoms with Gasteiger partial charge in [-0.25, -0.2) is 0 Å². The molecule has 0 amide bonds. The van der Waals surface area contributed by atoms with Crippen LogP contribution < -0.4 is 0 Å². The molecule has 25 heavy (non-hydrogen) atoms. The van der Waals surface area contributed by atoms with Gasteiger partial charge in [0.25, 0.3) is 0 Å². The Morgan fingerprint density at radius 1 is 0.920 bits per heavy atom. The molecule has 0 heterocycles. The highest BCUT2D eigenvalue weighted by molar-refractivity contribution is 5.24. The maximum absolute atomic E-state index is 11.6. The van der Waals surface area contributed by atoms with Crippen LogP contribution in [0.3, 0.4) is 0 Å². The number of hydrogen-bond acceptors (Lipinski definition) is 6. The second-order valence-electron chi connectivity index (χ2n) is 9.69. The molecule has 4 aliphatic rings. The Bertz CT molecular complexity index is 570. The summed E-state index contributed by atoms with van der Waals surface area (Å²) in [6.07, 6.45) is -0.635. The Balaban J connectivity index is 1.80. The molecular formula is C19H32O6. The Kier molecular flexibility index (Phi) is 3.76. The van der Waals surface area contributed by atoms with E-state index < -0.39 is 46.4 Å². The molecule has 3 unspecified atom stereocenters. The van der Waals surface area contributed by atoms with Gasteiger partial charge in [0.15, 0.2) is 0 Å².